The number of thiophene rings is 1. The van der Waals surface area contributed by atoms with Crippen molar-refractivity contribution in [2.24, 2.45) is 0 Å². The van der Waals surface area contributed by atoms with Gasteiger partial charge in [-0.3, -0.25) is 0 Å². The summed E-state index contributed by atoms with van der Waals surface area (Å²) in [4.78, 5) is 11.3. The molecule has 4 nitrogen and oxygen atoms in total. The van der Waals surface area contributed by atoms with E-state index in [9.17, 15) is 4.79 Å². The fourth-order valence-corrected chi connectivity index (χ4v) is 2.50. The maximum absolute atomic E-state index is 11.0. The molecule has 1 N–H and O–H groups in total. The second kappa shape index (κ2) is 4.78. The Morgan fingerprint density at radius 2 is 1.89 bits per heavy atom. The Morgan fingerprint density at radius 1 is 1.32 bits per heavy atom. The van der Waals surface area contributed by atoms with E-state index in [1.54, 1.807) is 23.5 Å². The molecule has 1 aromatic heterocycles. The molecule has 1 aliphatic rings. The third-order valence-corrected chi connectivity index (χ3v) is 4.51. The summed E-state index contributed by atoms with van der Waals surface area (Å²) in [6.07, 6.45) is 1.74. The van der Waals surface area contributed by atoms with Crippen molar-refractivity contribution in [3.63, 3.8) is 0 Å². The number of carboxylic acids is 1. The highest BCUT2D eigenvalue weighted by atomic mass is 32.1. The lowest BCUT2D eigenvalue weighted by molar-refractivity contribution is 0.00578. The topological polar surface area (TPSA) is 55.8 Å². The zero-order valence-corrected chi connectivity index (χ0v) is 12.3. The van der Waals surface area contributed by atoms with Gasteiger partial charge in [0.25, 0.3) is 0 Å². The minimum absolute atomic E-state index is 0.327. The van der Waals surface area contributed by atoms with Gasteiger partial charge in [-0.15, -0.1) is 11.3 Å². The van der Waals surface area contributed by atoms with Crippen molar-refractivity contribution in [2.75, 3.05) is 0 Å². The normalized spacial score (nSPS) is 21.2. The molecule has 0 atom stereocenters. The van der Waals surface area contributed by atoms with Crippen LogP contribution in [0.3, 0.4) is 0 Å². The average molecular weight is 280 g/mol. The second-order valence-electron chi connectivity index (χ2n) is 5.49. The van der Waals surface area contributed by atoms with Gasteiger partial charge in [0.05, 0.1) is 11.2 Å². The van der Waals surface area contributed by atoms with Gasteiger partial charge in [-0.25, -0.2) is 4.79 Å². The molecule has 0 saturated carbocycles. The van der Waals surface area contributed by atoms with Crippen molar-refractivity contribution < 1.29 is 19.2 Å². The summed E-state index contributed by atoms with van der Waals surface area (Å²) in [5, 5.41) is 10.8. The Balaban J connectivity index is 2.13. The maximum Gasteiger partial charge on any atom is 0.487 e. The zero-order chi connectivity index (χ0) is 14.3. The Hall–Kier alpha value is -1.11. The van der Waals surface area contributed by atoms with Crippen LogP contribution in [0.4, 0.5) is 0 Å². The van der Waals surface area contributed by atoms with E-state index < -0.39 is 13.1 Å². The van der Waals surface area contributed by atoms with Gasteiger partial charge in [0.1, 0.15) is 4.88 Å². The summed E-state index contributed by atoms with van der Waals surface area (Å²) in [5.41, 5.74) is -0.0920. The van der Waals surface area contributed by atoms with Crippen molar-refractivity contribution in [2.45, 2.75) is 38.9 Å². The lowest BCUT2D eigenvalue weighted by Crippen LogP contribution is -2.41. The predicted octanol–water partition coefficient (Wildman–Crippen LogP) is 3.09. The zero-order valence-electron chi connectivity index (χ0n) is 11.5. The number of hydrogen-bond donors (Lipinski definition) is 1. The third-order valence-electron chi connectivity index (χ3n) is 3.59. The summed E-state index contributed by atoms with van der Waals surface area (Å²) in [6, 6.07) is 1.77. The van der Waals surface area contributed by atoms with Crippen LogP contribution in [0.25, 0.3) is 6.08 Å². The molecule has 1 fully saturated rings. The third kappa shape index (κ3) is 2.75. The van der Waals surface area contributed by atoms with Crippen LogP contribution in [0.5, 0.6) is 0 Å². The number of aromatic carboxylic acids is 1. The van der Waals surface area contributed by atoms with Gasteiger partial charge in [0, 0.05) is 0 Å². The molecule has 1 aromatic rings. The van der Waals surface area contributed by atoms with Crippen LogP contribution in [0.1, 0.15) is 42.9 Å². The van der Waals surface area contributed by atoms with Gasteiger partial charge in [0.2, 0.25) is 0 Å². The Kier molecular flexibility index (Phi) is 3.60. The fourth-order valence-electron chi connectivity index (χ4n) is 1.77. The van der Waals surface area contributed by atoms with E-state index in [0.717, 1.165) is 0 Å². The molecule has 0 bridgehead atoms. The second-order valence-corrected chi connectivity index (χ2v) is 6.41. The number of rotatable bonds is 3. The van der Waals surface area contributed by atoms with Gasteiger partial charge in [0.15, 0.2) is 0 Å². The van der Waals surface area contributed by atoms with Gasteiger partial charge >= 0.3 is 13.1 Å². The van der Waals surface area contributed by atoms with E-state index in [0.29, 0.717) is 10.4 Å². The summed E-state index contributed by atoms with van der Waals surface area (Å²) in [5.74, 6) is 0.842. The molecule has 0 aliphatic carbocycles. The van der Waals surface area contributed by atoms with Crippen LogP contribution in [0.15, 0.2) is 17.4 Å². The van der Waals surface area contributed by atoms with Crippen molar-refractivity contribution in [1.82, 2.24) is 0 Å². The van der Waals surface area contributed by atoms with E-state index >= 15 is 0 Å². The largest absolute Gasteiger partial charge is 0.487 e. The molecule has 2 rings (SSSR count). The first-order chi connectivity index (χ1) is 8.73. The van der Waals surface area contributed by atoms with Crippen LogP contribution in [-0.2, 0) is 9.31 Å². The van der Waals surface area contributed by atoms with Crippen molar-refractivity contribution >= 4 is 30.5 Å². The monoisotopic (exact) mass is 280 g/mol. The average Bonchev–Trinajstić information content (AvgIpc) is 2.79. The first-order valence-corrected chi connectivity index (χ1v) is 6.95. The number of carbonyl (C=O) groups is 1. The standard InChI is InChI=1S/C13H17BO4S/c1-12(2)13(3,4)18-14(17-12)7-5-9-6-8-19-10(9)11(15)16/h5-8H,1-4H3,(H,15,16)/b7-5+. The highest BCUT2D eigenvalue weighted by Crippen LogP contribution is 2.37. The van der Waals surface area contributed by atoms with E-state index in [1.165, 1.54) is 11.3 Å². The minimum atomic E-state index is -0.913. The Morgan fingerprint density at radius 3 is 2.42 bits per heavy atom. The molecule has 0 amide bonds. The maximum atomic E-state index is 11.0. The molecule has 19 heavy (non-hydrogen) atoms. The van der Waals surface area contributed by atoms with Crippen LogP contribution in [0.2, 0.25) is 0 Å². The molecule has 1 saturated heterocycles. The van der Waals surface area contributed by atoms with Crippen LogP contribution in [-0.4, -0.2) is 29.4 Å². The molecule has 0 unspecified atom stereocenters. The summed E-state index contributed by atoms with van der Waals surface area (Å²) in [7, 11) is -0.452. The number of hydrogen-bond acceptors (Lipinski definition) is 4. The highest BCUT2D eigenvalue weighted by molar-refractivity contribution is 7.12. The molecule has 6 heteroatoms. The SMILES string of the molecule is CC1(C)OB(/C=C/c2ccsc2C(=O)O)OC1(C)C. The van der Waals surface area contributed by atoms with Crippen molar-refractivity contribution in [3.05, 3.63) is 27.9 Å². The summed E-state index contributed by atoms with van der Waals surface area (Å²) >= 11 is 1.21. The quantitative estimate of drug-likeness (QED) is 0.864. The van der Waals surface area contributed by atoms with Gasteiger partial charge < -0.3 is 14.4 Å². The van der Waals surface area contributed by atoms with Crippen LogP contribution < -0.4 is 0 Å². The summed E-state index contributed by atoms with van der Waals surface area (Å²) in [6.45, 7) is 7.92. The molecule has 102 valence electrons. The van der Waals surface area contributed by atoms with E-state index in [4.69, 9.17) is 14.4 Å². The molecular formula is C13H17BO4S. The number of carboxylic acid groups (broad SMARTS) is 1. The van der Waals surface area contributed by atoms with Crippen molar-refractivity contribution in [1.29, 1.82) is 0 Å². The lowest BCUT2D eigenvalue weighted by Gasteiger charge is -2.32. The van der Waals surface area contributed by atoms with Gasteiger partial charge in [-0.05, 0) is 44.7 Å². The van der Waals surface area contributed by atoms with Gasteiger partial charge in [-0.2, -0.15) is 0 Å². The van der Waals surface area contributed by atoms with Gasteiger partial charge in [-0.1, -0.05) is 12.1 Å². The van der Waals surface area contributed by atoms with Crippen molar-refractivity contribution in [3.8, 4) is 0 Å². The first-order valence-electron chi connectivity index (χ1n) is 6.07. The fraction of sp³-hybridized carbons (Fsp3) is 0.462. The molecule has 1 aliphatic heterocycles. The van der Waals surface area contributed by atoms with E-state index in [1.807, 2.05) is 27.7 Å². The molecule has 0 radical (unpaired) electrons. The molecule has 0 aromatic carbocycles. The summed E-state index contributed by atoms with van der Waals surface area (Å²) < 4.78 is 11.6. The lowest BCUT2D eigenvalue weighted by atomic mass is 9.89. The van der Waals surface area contributed by atoms with Crippen LogP contribution in [0, 0.1) is 0 Å². The Bertz CT molecular complexity index is 502. The smallest absolute Gasteiger partial charge is 0.477 e. The van der Waals surface area contributed by atoms with Crippen LogP contribution >= 0.6 is 11.3 Å². The highest BCUT2D eigenvalue weighted by Gasteiger charge is 2.50. The van der Waals surface area contributed by atoms with E-state index in [2.05, 4.69) is 0 Å². The van der Waals surface area contributed by atoms with E-state index in [-0.39, 0.29) is 11.2 Å². The predicted molar refractivity (Wildman–Crippen MR) is 76.4 cm³/mol. The first kappa shape index (κ1) is 14.3. The minimum Gasteiger partial charge on any atom is -0.477 e. The molecule has 0 spiro atoms. The Labute approximate surface area is 117 Å². The molecule has 2 heterocycles. The molecular weight excluding hydrogens is 263 g/mol.